The Kier molecular flexibility index (Phi) is 19.1. The summed E-state index contributed by atoms with van der Waals surface area (Å²) in [5, 5.41) is 0. The number of amides is 2. The van der Waals surface area contributed by atoms with Gasteiger partial charge in [-0.3, -0.25) is 9.59 Å². The lowest BCUT2D eigenvalue weighted by molar-refractivity contribution is -0.906. The molecule has 0 saturated heterocycles. The van der Waals surface area contributed by atoms with Crippen molar-refractivity contribution in [3.8, 4) is 0 Å². The van der Waals surface area contributed by atoms with Crippen LogP contribution in [0.4, 0.5) is 52.7 Å². The van der Waals surface area contributed by atoms with Gasteiger partial charge in [0, 0.05) is 7.11 Å². The van der Waals surface area contributed by atoms with Gasteiger partial charge in [-0.15, -0.1) is 0 Å². The fourth-order valence-electron chi connectivity index (χ4n) is 2.02. The standard InChI is InChI=1S/C8H20NO.C6H11N2.2C3HF6NO3S/c1-5-9(3,6-2)7-8-10-4;1-3-8-5-4-7(2)6-8;2*4-2(5,6)1(11)10-14(12,13)3(7,8)9/h5-8H2,1-4H3;4-6H,3H2,1-2H3;2*(H,10,11)/q2*+1;;. The number of halogens is 12. The van der Waals surface area contributed by atoms with Gasteiger partial charge in [-0.05, 0) is 20.8 Å². The minimum absolute atomic E-state index is 0.181. The molecule has 0 unspecified atom stereocenters. The molecule has 0 fully saturated rings. The van der Waals surface area contributed by atoms with E-state index in [2.05, 4.69) is 44.9 Å². The summed E-state index contributed by atoms with van der Waals surface area (Å²) in [4.78, 5) is 19.6. The van der Waals surface area contributed by atoms with E-state index in [-0.39, 0.29) is 9.44 Å². The number of carbonyl (C=O) groups excluding carboxylic acids is 2. The predicted molar refractivity (Wildman–Crippen MR) is 134 cm³/mol. The first-order chi connectivity index (χ1) is 20.3. The van der Waals surface area contributed by atoms with Gasteiger partial charge in [0.2, 0.25) is 6.33 Å². The molecule has 1 aromatic rings. The van der Waals surface area contributed by atoms with E-state index in [1.807, 2.05) is 17.8 Å². The Morgan fingerprint density at radius 1 is 0.783 bits per heavy atom. The van der Waals surface area contributed by atoms with Crippen LogP contribution in [0.2, 0.25) is 0 Å². The summed E-state index contributed by atoms with van der Waals surface area (Å²) >= 11 is 0. The number of ether oxygens (including phenoxy) is 1. The van der Waals surface area contributed by atoms with Gasteiger partial charge in [0.15, 0.2) is 0 Å². The third kappa shape index (κ3) is 18.9. The quantitative estimate of drug-likeness (QED) is 0.236. The van der Waals surface area contributed by atoms with Crippen molar-refractivity contribution in [3.05, 3.63) is 18.7 Å². The maximum atomic E-state index is 11.4. The molecule has 0 aromatic carbocycles. The molecule has 0 bridgehead atoms. The molecular formula is C20H33F12N5O7S2+2. The second-order valence-corrected chi connectivity index (χ2v) is 12.0. The molecule has 26 heteroatoms. The summed E-state index contributed by atoms with van der Waals surface area (Å²) in [5.74, 6) is -6.40. The topological polar surface area (TPSA) is 145 Å². The highest BCUT2D eigenvalue weighted by molar-refractivity contribution is 7.91. The maximum absolute atomic E-state index is 11.4. The van der Waals surface area contributed by atoms with Gasteiger partial charge >= 0.3 is 55.2 Å². The first kappa shape index (κ1) is 47.5. The highest BCUT2D eigenvalue weighted by Crippen LogP contribution is 2.24. The van der Waals surface area contributed by atoms with Crippen LogP contribution >= 0.6 is 0 Å². The Hall–Kier alpha value is -2.87. The lowest BCUT2D eigenvalue weighted by Gasteiger charge is -2.31. The predicted octanol–water partition coefficient (Wildman–Crippen LogP) is 2.48. The first-order valence-electron chi connectivity index (χ1n) is 12.0. The molecule has 1 heterocycles. The molecule has 2 amide bonds. The van der Waals surface area contributed by atoms with Crippen molar-refractivity contribution in [1.29, 1.82) is 0 Å². The molecule has 1 aromatic heterocycles. The minimum atomic E-state index is -6.30. The van der Waals surface area contributed by atoms with E-state index in [1.54, 1.807) is 7.11 Å². The highest BCUT2D eigenvalue weighted by atomic mass is 32.2. The van der Waals surface area contributed by atoms with Crippen molar-refractivity contribution in [1.82, 2.24) is 14.0 Å². The number of nitrogens with one attached hydrogen (secondary N) is 2. The van der Waals surface area contributed by atoms with E-state index >= 15 is 0 Å². The van der Waals surface area contributed by atoms with Crippen LogP contribution in [0.15, 0.2) is 18.7 Å². The van der Waals surface area contributed by atoms with Crippen molar-refractivity contribution in [3.63, 3.8) is 0 Å². The Labute approximate surface area is 256 Å². The average molecular weight is 748 g/mol. The van der Waals surface area contributed by atoms with Gasteiger partial charge < -0.3 is 9.22 Å². The number of hydrogen-bond acceptors (Lipinski definition) is 7. The van der Waals surface area contributed by atoms with E-state index in [4.69, 9.17) is 4.74 Å². The van der Waals surface area contributed by atoms with Gasteiger partial charge in [-0.25, -0.2) is 18.6 Å². The molecule has 0 radical (unpaired) electrons. The number of rotatable bonds is 8. The summed E-state index contributed by atoms with van der Waals surface area (Å²) in [6, 6.07) is 0. The summed E-state index contributed by atoms with van der Waals surface area (Å²) in [6.07, 6.45) is -5.25. The summed E-state index contributed by atoms with van der Waals surface area (Å²) in [6.45, 7) is 12.0. The lowest BCUT2D eigenvalue weighted by atomic mass is 10.4. The van der Waals surface area contributed by atoms with Gasteiger partial charge in [0.25, 0.3) is 0 Å². The molecule has 12 nitrogen and oxygen atoms in total. The van der Waals surface area contributed by atoms with E-state index in [0.717, 1.165) is 24.2 Å². The lowest BCUT2D eigenvalue weighted by Crippen LogP contribution is -2.46. The Morgan fingerprint density at radius 3 is 1.30 bits per heavy atom. The molecule has 0 aliphatic carbocycles. The number of sulfonamides is 2. The van der Waals surface area contributed by atoms with Crippen LogP contribution in [0.5, 0.6) is 0 Å². The third-order valence-corrected chi connectivity index (χ3v) is 7.26. The number of imidazole rings is 1. The summed E-state index contributed by atoms with van der Waals surface area (Å²) in [7, 11) is -6.56. The maximum Gasteiger partial charge on any atom is 0.516 e. The Balaban J connectivity index is -0.000000547. The third-order valence-electron chi connectivity index (χ3n) is 5.13. The fraction of sp³-hybridized carbons (Fsp3) is 0.750. The number of aromatic nitrogens is 2. The number of quaternary nitrogens is 1. The van der Waals surface area contributed by atoms with Crippen LogP contribution in [0, 0.1) is 0 Å². The molecule has 1 rings (SSSR count). The SMILES string of the molecule is CC[N+](C)(CC)CCOC.CCn1cc[n+](C)c1.O=C(NS(=O)(=O)C(F)(F)F)C(F)(F)F.O=C(NS(=O)(=O)C(F)(F)F)C(F)(F)F. The smallest absolute Gasteiger partial charge is 0.379 e. The largest absolute Gasteiger partial charge is 0.516 e. The van der Waals surface area contributed by atoms with Crippen LogP contribution in [-0.2, 0) is 48.0 Å². The first-order valence-corrected chi connectivity index (χ1v) is 15.0. The number of methoxy groups -OCH3 is 1. The van der Waals surface area contributed by atoms with Gasteiger partial charge in [0.1, 0.15) is 18.9 Å². The monoisotopic (exact) mass is 747 g/mol. The average Bonchev–Trinajstić information content (AvgIpc) is 3.31. The molecule has 46 heavy (non-hydrogen) atoms. The molecule has 0 aliphatic rings. The zero-order valence-corrected chi connectivity index (χ0v) is 26.5. The Morgan fingerprint density at radius 2 is 1.13 bits per heavy atom. The number of hydrogen-bond donors (Lipinski definition) is 2. The van der Waals surface area contributed by atoms with Gasteiger partial charge in [-0.1, -0.05) is 0 Å². The number of likely N-dealkylation sites (N-methyl/N-ethyl adjacent to an activating group) is 1. The highest BCUT2D eigenvalue weighted by Gasteiger charge is 2.52. The molecule has 274 valence electrons. The van der Waals surface area contributed by atoms with Crippen LogP contribution < -0.4 is 14.0 Å². The van der Waals surface area contributed by atoms with E-state index in [1.165, 1.54) is 13.1 Å². The summed E-state index contributed by atoms with van der Waals surface area (Å²) < 4.78 is 186. The number of nitrogens with zero attached hydrogens (tertiary/aromatic N) is 3. The van der Waals surface area contributed by atoms with Crippen LogP contribution in [-0.4, -0.2) is 101 Å². The minimum Gasteiger partial charge on any atom is -0.379 e. The van der Waals surface area contributed by atoms with Crippen molar-refractivity contribution >= 4 is 31.9 Å². The van der Waals surface area contributed by atoms with Crippen molar-refractivity contribution in [2.75, 3.05) is 40.4 Å². The number of alkyl halides is 12. The van der Waals surface area contributed by atoms with Crippen molar-refractivity contribution in [2.24, 2.45) is 7.05 Å². The molecule has 0 spiro atoms. The molecule has 0 saturated carbocycles. The van der Waals surface area contributed by atoms with E-state index in [9.17, 15) is 79.1 Å². The van der Waals surface area contributed by atoms with Crippen LogP contribution in [0.25, 0.3) is 0 Å². The second-order valence-electron chi connectivity index (χ2n) is 8.63. The molecular weight excluding hydrogens is 714 g/mol. The van der Waals surface area contributed by atoms with Crippen molar-refractivity contribution < 1.29 is 92.9 Å². The van der Waals surface area contributed by atoms with E-state index in [0.29, 0.717) is 0 Å². The number of aryl methyl sites for hydroxylation is 2. The Bertz CT molecular complexity index is 1220. The number of carbonyl (C=O) groups is 2. The van der Waals surface area contributed by atoms with Crippen LogP contribution in [0.1, 0.15) is 20.8 Å². The summed E-state index contributed by atoms with van der Waals surface area (Å²) in [5.41, 5.74) is -11.9. The molecule has 2 N–H and O–H groups in total. The normalized spacial score (nSPS) is 12.7. The molecule has 0 aliphatic heterocycles. The molecule has 0 atom stereocenters. The van der Waals surface area contributed by atoms with Gasteiger partial charge in [0.05, 0.1) is 40.3 Å². The van der Waals surface area contributed by atoms with Gasteiger partial charge in [-0.2, -0.15) is 69.5 Å². The van der Waals surface area contributed by atoms with Crippen molar-refractivity contribution in [2.45, 2.75) is 50.7 Å². The zero-order valence-electron chi connectivity index (χ0n) is 24.8. The van der Waals surface area contributed by atoms with E-state index < -0.39 is 55.2 Å². The van der Waals surface area contributed by atoms with Crippen LogP contribution in [0.3, 0.4) is 0 Å². The second kappa shape index (κ2) is 18.5. The fourth-order valence-corrected chi connectivity index (χ4v) is 2.97. The zero-order chi connectivity index (χ0) is 37.6.